The van der Waals surface area contributed by atoms with Crippen LogP contribution in [0, 0.1) is 0 Å². The van der Waals surface area contributed by atoms with Crippen LogP contribution in [0.2, 0.25) is 0 Å². The van der Waals surface area contributed by atoms with Crippen molar-refractivity contribution in [3.63, 3.8) is 0 Å². The predicted molar refractivity (Wildman–Crippen MR) is 81.8 cm³/mol. The summed E-state index contributed by atoms with van der Waals surface area (Å²) in [7, 11) is 0. The van der Waals surface area contributed by atoms with Gasteiger partial charge in [0.05, 0.1) is 17.0 Å². The number of aliphatic hydroxyl groups is 1. The van der Waals surface area contributed by atoms with Crippen LogP contribution in [0.5, 0.6) is 0 Å². The molecule has 2 N–H and O–H groups in total. The Labute approximate surface area is 136 Å². The van der Waals surface area contributed by atoms with Gasteiger partial charge in [-0.3, -0.25) is 14.4 Å². The molecule has 0 unspecified atom stereocenters. The Morgan fingerprint density at radius 3 is 2.87 bits per heavy atom. The number of amides is 3. The van der Waals surface area contributed by atoms with E-state index in [9.17, 15) is 19.5 Å². The molecule has 3 aliphatic heterocycles. The van der Waals surface area contributed by atoms with E-state index >= 15 is 0 Å². The number of carbonyl (C=O) groups is 3. The second-order valence-corrected chi connectivity index (χ2v) is 7.17. The Hall–Kier alpha value is -1.93. The summed E-state index contributed by atoms with van der Waals surface area (Å²) in [6.07, 6.45) is 0.231. The molecule has 4 heterocycles. The number of hydrogen-bond donors (Lipinski definition) is 2. The van der Waals surface area contributed by atoms with E-state index in [1.807, 2.05) is 5.38 Å². The number of carbonyl (C=O) groups excluding carboxylic acids is 3. The average Bonchev–Trinajstić information content (AvgIpc) is 3.23. The molecule has 4 atom stereocenters. The normalized spacial score (nSPS) is 32.9. The maximum absolute atomic E-state index is 12.7. The molecule has 0 aliphatic carbocycles. The molecule has 23 heavy (non-hydrogen) atoms. The highest BCUT2D eigenvalue weighted by Crippen LogP contribution is 2.32. The maximum Gasteiger partial charge on any atom is 0.261 e. The van der Waals surface area contributed by atoms with Gasteiger partial charge in [-0.25, -0.2) is 0 Å². The quantitative estimate of drug-likeness (QED) is 0.757. The maximum atomic E-state index is 12.7. The van der Waals surface area contributed by atoms with Gasteiger partial charge in [0.1, 0.15) is 12.1 Å². The minimum Gasteiger partial charge on any atom is -0.391 e. The lowest BCUT2D eigenvalue weighted by molar-refractivity contribution is -0.157. The van der Waals surface area contributed by atoms with Crippen molar-refractivity contribution >= 4 is 29.1 Å². The monoisotopic (exact) mass is 335 g/mol. The summed E-state index contributed by atoms with van der Waals surface area (Å²) in [5.74, 6) is -0.491. The molecule has 0 saturated carbocycles. The van der Waals surface area contributed by atoms with Gasteiger partial charge >= 0.3 is 0 Å². The number of rotatable bonds is 2. The van der Waals surface area contributed by atoms with Crippen LogP contribution in [-0.2, 0) is 9.59 Å². The lowest BCUT2D eigenvalue weighted by atomic mass is 10.0. The van der Waals surface area contributed by atoms with Crippen LogP contribution in [0.25, 0.3) is 0 Å². The third-order valence-corrected chi connectivity index (χ3v) is 5.71. The van der Waals surface area contributed by atoms with Gasteiger partial charge in [0, 0.05) is 19.5 Å². The van der Waals surface area contributed by atoms with E-state index < -0.39 is 18.2 Å². The molecule has 3 saturated heterocycles. The summed E-state index contributed by atoms with van der Waals surface area (Å²) in [4.78, 5) is 41.2. The van der Waals surface area contributed by atoms with Crippen molar-refractivity contribution in [2.75, 3.05) is 13.1 Å². The van der Waals surface area contributed by atoms with Gasteiger partial charge in [0.25, 0.3) is 5.91 Å². The van der Waals surface area contributed by atoms with Crippen molar-refractivity contribution in [2.45, 2.75) is 37.1 Å². The first-order valence-electron chi connectivity index (χ1n) is 7.69. The Balaban J connectivity index is 1.55. The zero-order valence-electron chi connectivity index (χ0n) is 12.3. The zero-order valence-corrected chi connectivity index (χ0v) is 13.2. The fourth-order valence-electron chi connectivity index (χ4n) is 3.80. The molecule has 3 aliphatic rings. The topological polar surface area (TPSA) is 89.9 Å². The third kappa shape index (κ3) is 2.24. The highest BCUT2D eigenvalue weighted by molar-refractivity contribution is 7.12. The first-order chi connectivity index (χ1) is 11.1. The fourth-order valence-corrected chi connectivity index (χ4v) is 4.42. The average molecular weight is 335 g/mol. The van der Waals surface area contributed by atoms with E-state index in [-0.39, 0.29) is 30.3 Å². The molecule has 8 heteroatoms. The summed E-state index contributed by atoms with van der Waals surface area (Å²) >= 11 is 1.34. The second-order valence-electron chi connectivity index (χ2n) is 6.22. The molecule has 0 bridgehead atoms. The molecule has 0 spiro atoms. The Morgan fingerprint density at radius 1 is 1.30 bits per heavy atom. The number of nitrogens with one attached hydrogen (secondary N) is 1. The molecule has 3 fully saturated rings. The van der Waals surface area contributed by atoms with Gasteiger partial charge < -0.3 is 20.2 Å². The number of piperazine rings is 1. The Morgan fingerprint density at radius 2 is 2.13 bits per heavy atom. The van der Waals surface area contributed by atoms with Crippen LogP contribution in [0.3, 0.4) is 0 Å². The molecule has 3 amide bonds. The van der Waals surface area contributed by atoms with Crippen molar-refractivity contribution in [3.8, 4) is 0 Å². The van der Waals surface area contributed by atoms with Crippen molar-refractivity contribution in [1.29, 1.82) is 0 Å². The summed E-state index contributed by atoms with van der Waals surface area (Å²) < 4.78 is 0. The van der Waals surface area contributed by atoms with E-state index in [1.54, 1.807) is 17.0 Å². The predicted octanol–water partition coefficient (Wildman–Crippen LogP) is -0.577. The number of nitrogens with zero attached hydrogens (tertiary/aromatic N) is 2. The highest BCUT2D eigenvalue weighted by Gasteiger charge is 2.54. The van der Waals surface area contributed by atoms with Gasteiger partial charge in [-0.15, -0.1) is 11.3 Å². The minimum atomic E-state index is -0.646. The van der Waals surface area contributed by atoms with Crippen molar-refractivity contribution in [3.05, 3.63) is 22.4 Å². The summed E-state index contributed by atoms with van der Waals surface area (Å²) in [6.45, 7) is 0.663. The largest absolute Gasteiger partial charge is 0.391 e. The molecule has 0 aromatic carbocycles. The Kier molecular flexibility index (Phi) is 3.38. The van der Waals surface area contributed by atoms with E-state index in [2.05, 4.69) is 5.32 Å². The summed E-state index contributed by atoms with van der Waals surface area (Å²) in [5.41, 5.74) is 0. The second kappa shape index (κ2) is 5.31. The fraction of sp³-hybridized carbons (Fsp3) is 0.533. The molecular formula is C15H17N3O4S. The third-order valence-electron chi connectivity index (χ3n) is 4.84. The lowest BCUT2D eigenvalue weighted by Gasteiger charge is -2.40. The van der Waals surface area contributed by atoms with Crippen LogP contribution in [-0.4, -0.2) is 69.9 Å². The van der Waals surface area contributed by atoms with Crippen molar-refractivity contribution in [2.24, 2.45) is 0 Å². The van der Waals surface area contributed by atoms with Crippen LogP contribution < -0.4 is 5.32 Å². The van der Waals surface area contributed by atoms with E-state index in [0.717, 1.165) is 0 Å². The number of hydrogen-bond acceptors (Lipinski definition) is 5. The van der Waals surface area contributed by atoms with Gasteiger partial charge in [-0.05, 0) is 17.9 Å². The number of fused-ring (bicyclic) bond motifs is 2. The van der Waals surface area contributed by atoms with E-state index in [4.69, 9.17) is 0 Å². The number of thiophene rings is 1. The standard InChI is InChI=1S/C15H17N3O4S/c19-8-6-10-14(21)17-4-3-9(12(17)15(22)18(10)7-8)16-13(20)11-2-1-5-23-11/h1-2,5,8-10,12,19H,3-4,6-7H2,(H,16,20)/t8-,9-,10+,12+/m1/s1. The molecule has 0 radical (unpaired) electrons. The first kappa shape index (κ1) is 14.6. The van der Waals surface area contributed by atoms with Gasteiger partial charge in [-0.2, -0.15) is 0 Å². The molecule has 1 aromatic heterocycles. The van der Waals surface area contributed by atoms with Crippen LogP contribution >= 0.6 is 11.3 Å². The van der Waals surface area contributed by atoms with E-state index in [0.29, 0.717) is 24.3 Å². The molecule has 4 rings (SSSR count). The molecule has 7 nitrogen and oxygen atoms in total. The first-order valence-corrected chi connectivity index (χ1v) is 8.57. The van der Waals surface area contributed by atoms with Crippen molar-refractivity contribution in [1.82, 2.24) is 15.1 Å². The summed E-state index contributed by atoms with van der Waals surface area (Å²) in [6, 6.07) is 1.97. The Bertz CT molecular complexity index is 662. The van der Waals surface area contributed by atoms with Crippen LogP contribution in [0.1, 0.15) is 22.5 Å². The zero-order chi connectivity index (χ0) is 16.1. The minimum absolute atomic E-state index is 0.112. The smallest absolute Gasteiger partial charge is 0.261 e. The lowest BCUT2D eigenvalue weighted by Crippen LogP contribution is -2.64. The highest BCUT2D eigenvalue weighted by atomic mass is 32.1. The van der Waals surface area contributed by atoms with Gasteiger partial charge in [0.2, 0.25) is 11.8 Å². The van der Waals surface area contributed by atoms with Gasteiger partial charge in [0.15, 0.2) is 0 Å². The van der Waals surface area contributed by atoms with Crippen LogP contribution in [0.4, 0.5) is 0 Å². The summed E-state index contributed by atoms with van der Waals surface area (Å²) in [5, 5.41) is 14.5. The molecular weight excluding hydrogens is 318 g/mol. The molecule has 1 aromatic rings. The van der Waals surface area contributed by atoms with Crippen molar-refractivity contribution < 1.29 is 19.5 Å². The SMILES string of the molecule is O=C(N[C@@H]1CCN2C(=O)[C@@H]3C[C@@H](O)CN3C(=O)[C@H]12)c1cccs1. The van der Waals surface area contributed by atoms with Crippen LogP contribution in [0.15, 0.2) is 17.5 Å². The number of aliphatic hydroxyl groups excluding tert-OH is 1. The molecule has 122 valence electrons. The van der Waals surface area contributed by atoms with E-state index in [1.165, 1.54) is 16.2 Å². The van der Waals surface area contributed by atoms with Gasteiger partial charge in [-0.1, -0.05) is 6.07 Å².